The van der Waals surface area contributed by atoms with Gasteiger partial charge in [0.15, 0.2) is 0 Å². The molecule has 5 atom stereocenters. The van der Waals surface area contributed by atoms with E-state index in [0.29, 0.717) is 18.1 Å². The van der Waals surface area contributed by atoms with Gasteiger partial charge in [0, 0.05) is 12.6 Å². The molecule has 1 saturated heterocycles. The van der Waals surface area contributed by atoms with Gasteiger partial charge in [-0.05, 0) is 49.0 Å². The van der Waals surface area contributed by atoms with E-state index < -0.39 is 0 Å². The lowest BCUT2D eigenvalue weighted by atomic mass is 9.69. The van der Waals surface area contributed by atoms with E-state index in [1.54, 1.807) is 0 Å². The zero-order chi connectivity index (χ0) is 12.2. The van der Waals surface area contributed by atoms with Gasteiger partial charge in [-0.25, -0.2) is 0 Å². The van der Waals surface area contributed by atoms with Crippen LogP contribution in [0.5, 0.6) is 0 Å². The van der Waals surface area contributed by atoms with Gasteiger partial charge in [-0.3, -0.25) is 0 Å². The summed E-state index contributed by atoms with van der Waals surface area (Å²) in [4.78, 5) is 2.42. The summed E-state index contributed by atoms with van der Waals surface area (Å²) in [6.45, 7) is 6.55. The molecule has 0 radical (unpaired) electrons. The Kier molecular flexibility index (Phi) is 2.79. The highest BCUT2D eigenvalue weighted by molar-refractivity contribution is 5.10. The second kappa shape index (κ2) is 3.96. The Balaban J connectivity index is 1.94. The number of rotatable bonds is 1. The van der Waals surface area contributed by atoms with E-state index in [4.69, 9.17) is 0 Å². The van der Waals surface area contributed by atoms with Crippen LogP contribution < -0.4 is 0 Å². The second-order valence-corrected chi connectivity index (χ2v) is 7.25. The Bertz CT molecular complexity index is 301. The van der Waals surface area contributed by atoms with Crippen LogP contribution in [-0.2, 0) is 0 Å². The zero-order valence-corrected chi connectivity index (χ0v) is 11.5. The fourth-order valence-corrected chi connectivity index (χ4v) is 5.52. The molecule has 0 spiro atoms. The van der Waals surface area contributed by atoms with Crippen molar-refractivity contribution in [3.05, 3.63) is 0 Å². The highest BCUT2D eigenvalue weighted by atomic mass is 16.3. The summed E-state index contributed by atoms with van der Waals surface area (Å²) in [5.41, 5.74) is 0.494. The number of hydrogen-bond acceptors (Lipinski definition) is 2. The first-order valence-electron chi connectivity index (χ1n) is 7.38. The first kappa shape index (κ1) is 12.0. The Morgan fingerprint density at radius 2 is 1.88 bits per heavy atom. The van der Waals surface area contributed by atoms with Gasteiger partial charge in [0.25, 0.3) is 0 Å². The quantitative estimate of drug-likeness (QED) is 0.757. The number of nitrogens with zero attached hydrogens (tertiary/aromatic N) is 1. The van der Waals surface area contributed by atoms with Crippen LogP contribution in [0, 0.1) is 29.1 Å². The van der Waals surface area contributed by atoms with Gasteiger partial charge in [-0.15, -0.1) is 0 Å². The lowest BCUT2D eigenvalue weighted by Crippen LogP contribution is -2.38. The Morgan fingerprint density at radius 1 is 1.18 bits per heavy atom. The topological polar surface area (TPSA) is 23.5 Å². The molecule has 0 amide bonds. The minimum atomic E-state index is 0.358. The molecule has 3 fully saturated rings. The van der Waals surface area contributed by atoms with Crippen LogP contribution in [0.2, 0.25) is 0 Å². The van der Waals surface area contributed by atoms with Gasteiger partial charge in [0.2, 0.25) is 0 Å². The van der Waals surface area contributed by atoms with Crippen LogP contribution in [0.3, 0.4) is 0 Å². The Labute approximate surface area is 105 Å². The van der Waals surface area contributed by atoms with Gasteiger partial charge >= 0.3 is 0 Å². The van der Waals surface area contributed by atoms with Crippen molar-refractivity contribution in [2.24, 2.45) is 29.1 Å². The predicted molar refractivity (Wildman–Crippen MR) is 69.7 cm³/mol. The van der Waals surface area contributed by atoms with Gasteiger partial charge < -0.3 is 10.0 Å². The van der Waals surface area contributed by atoms with Crippen LogP contribution >= 0.6 is 0 Å². The second-order valence-electron chi connectivity index (χ2n) is 7.25. The number of aliphatic hydroxyl groups is 1. The van der Waals surface area contributed by atoms with Gasteiger partial charge in [-0.1, -0.05) is 26.7 Å². The summed E-state index contributed by atoms with van der Waals surface area (Å²) in [5.74, 6) is 3.41. The molecule has 0 bridgehead atoms. The maximum Gasteiger partial charge on any atom is 0.0589 e. The van der Waals surface area contributed by atoms with E-state index in [-0.39, 0.29) is 0 Å². The van der Waals surface area contributed by atoms with Crippen molar-refractivity contribution in [1.82, 2.24) is 4.90 Å². The summed E-state index contributed by atoms with van der Waals surface area (Å²) in [6.07, 6.45) is 5.71. The molecule has 1 aliphatic heterocycles. The molecule has 0 aromatic heterocycles. The lowest BCUT2D eigenvalue weighted by Gasteiger charge is -2.38. The van der Waals surface area contributed by atoms with Crippen molar-refractivity contribution in [2.45, 2.75) is 45.6 Å². The molecule has 3 aliphatic rings. The van der Waals surface area contributed by atoms with E-state index >= 15 is 0 Å². The number of fused-ring (bicyclic) bond motifs is 3. The van der Waals surface area contributed by atoms with Crippen molar-refractivity contribution >= 4 is 0 Å². The van der Waals surface area contributed by atoms with Gasteiger partial charge in [0.1, 0.15) is 0 Å². The van der Waals surface area contributed by atoms with E-state index in [9.17, 15) is 5.11 Å². The number of likely N-dealkylation sites (N-methyl/N-ethyl adjacent to an activating group) is 1. The Morgan fingerprint density at radius 3 is 2.59 bits per heavy atom. The minimum Gasteiger partial charge on any atom is -0.395 e. The summed E-state index contributed by atoms with van der Waals surface area (Å²) >= 11 is 0. The molecular formula is C15H27NO. The van der Waals surface area contributed by atoms with Gasteiger partial charge in [-0.2, -0.15) is 0 Å². The average molecular weight is 237 g/mol. The molecule has 1 N–H and O–H groups in total. The fraction of sp³-hybridized carbons (Fsp3) is 1.00. The number of hydrogen-bond donors (Lipinski definition) is 1. The summed E-state index contributed by atoms with van der Waals surface area (Å²) in [7, 11) is 2.20. The van der Waals surface area contributed by atoms with Crippen LogP contribution in [0.1, 0.15) is 39.5 Å². The van der Waals surface area contributed by atoms with Crippen molar-refractivity contribution in [1.29, 1.82) is 0 Å². The van der Waals surface area contributed by atoms with Crippen molar-refractivity contribution in [2.75, 3.05) is 20.2 Å². The number of aliphatic hydroxyl groups excluding tert-OH is 1. The van der Waals surface area contributed by atoms with Crippen LogP contribution in [-0.4, -0.2) is 36.2 Å². The molecule has 98 valence electrons. The number of likely N-dealkylation sites (tertiary alicyclic amines) is 1. The third-order valence-electron chi connectivity index (χ3n) is 6.37. The van der Waals surface area contributed by atoms with Crippen LogP contribution in [0.25, 0.3) is 0 Å². The zero-order valence-electron chi connectivity index (χ0n) is 11.5. The molecule has 2 heteroatoms. The highest BCUT2D eigenvalue weighted by Gasteiger charge is 2.60. The maximum absolute atomic E-state index is 9.70. The highest BCUT2D eigenvalue weighted by Crippen LogP contribution is 2.62. The first-order chi connectivity index (χ1) is 8.07. The van der Waals surface area contributed by atoms with Crippen LogP contribution in [0.4, 0.5) is 0 Å². The third-order valence-corrected chi connectivity index (χ3v) is 6.37. The normalized spacial score (nSPS) is 49.1. The lowest BCUT2D eigenvalue weighted by molar-refractivity contribution is 0.0866. The van der Waals surface area contributed by atoms with Crippen LogP contribution in [0.15, 0.2) is 0 Å². The molecule has 3 rings (SSSR count). The van der Waals surface area contributed by atoms with Gasteiger partial charge in [0.05, 0.1) is 6.61 Å². The largest absolute Gasteiger partial charge is 0.395 e. The molecule has 0 aromatic rings. The smallest absolute Gasteiger partial charge is 0.0589 e. The summed E-state index contributed by atoms with van der Waals surface area (Å²) in [5, 5.41) is 9.70. The molecule has 3 unspecified atom stereocenters. The summed E-state index contributed by atoms with van der Waals surface area (Å²) in [6, 6.07) is 0.437. The molecule has 2 nitrogen and oxygen atoms in total. The average Bonchev–Trinajstić information content (AvgIpc) is 2.75. The Hall–Kier alpha value is -0.0800. The fourth-order valence-electron chi connectivity index (χ4n) is 5.52. The van der Waals surface area contributed by atoms with E-state index in [2.05, 4.69) is 25.8 Å². The van der Waals surface area contributed by atoms with Crippen molar-refractivity contribution in [3.63, 3.8) is 0 Å². The molecule has 17 heavy (non-hydrogen) atoms. The van der Waals surface area contributed by atoms with Crippen molar-refractivity contribution in [3.8, 4) is 0 Å². The minimum absolute atomic E-state index is 0.358. The standard InChI is InChI=1S/C15H27NO/c1-15(2)11-7-5-4-6-10(11)14-12(15)8-16(3)13(14)9-17/h10-14,17H,4-9H2,1-3H3/t10-,11?,12?,13+,14?/m0/s1. The van der Waals surface area contributed by atoms with E-state index in [1.165, 1.54) is 32.2 Å². The molecule has 2 saturated carbocycles. The predicted octanol–water partition coefficient (Wildman–Crippen LogP) is 2.37. The molecule has 1 heterocycles. The maximum atomic E-state index is 9.70. The first-order valence-corrected chi connectivity index (χ1v) is 7.38. The monoisotopic (exact) mass is 237 g/mol. The van der Waals surface area contributed by atoms with E-state index in [1.807, 2.05) is 0 Å². The summed E-state index contributed by atoms with van der Waals surface area (Å²) < 4.78 is 0. The SMILES string of the molecule is CN1CC2C([C@H]3CCCCC3C2(C)C)[C@H]1CO. The van der Waals surface area contributed by atoms with Crippen molar-refractivity contribution < 1.29 is 5.11 Å². The molecular weight excluding hydrogens is 210 g/mol. The van der Waals surface area contributed by atoms with E-state index in [0.717, 1.165) is 23.7 Å². The third kappa shape index (κ3) is 1.53. The molecule has 0 aromatic carbocycles. The molecule has 2 aliphatic carbocycles.